The second kappa shape index (κ2) is 9.09. The molecule has 0 bridgehead atoms. The molecule has 0 N–H and O–H groups in total. The highest BCUT2D eigenvalue weighted by Crippen LogP contribution is 2.48. The quantitative estimate of drug-likeness (QED) is 0.251. The smallest absolute Gasteiger partial charge is 0.252 e. The molecule has 4 rings (SSSR count). The van der Waals surface area contributed by atoms with E-state index in [1.165, 1.54) is 22.3 Å². The van der Waals surface area contributed by atoms with Gasteiger partial charge in [-0.05, 0) is 57.1 Å². The Bertz CT molecular complexity index is 1390. The van der Waals surface area contributed by atoms with Crippen molar-refractivity contribution in [3.8, 4) is 5.30 Å². The van der Waals surface area contributed by atoms with Crippen molar-refractivity contribution >= 4 is 30.0 Å². The van der Waals surface area contributed by atoms with Gasteiger partial charge < -0.3 is 8.39 Å². The lowest BCUT2D eigenvalue weighted by Gasteiger charge is -2.27. The largest absolute Gasteiger partial charge is 0.415 e. The van der Waals surface area contributed by atoms with Gasteiger partial charge in [0.15, 0.2) is 0 Å². The molecule has 1 heterocycles. The Hall–Kier alpha value is -2.44. The Balaban J connectivity index is 2.39. The summed E-state index contributed by atoms with van der Waals surface area (Å²) in [5.41, 5.74) is 6.82. The third-order valence-corrected chi connectivity index (χ3v) is 8.55. The molecule has 3 aromatic carbocycles. The minimum absolute atomic E-state index is 0.00101. The molecule has 37 heavy (non-hydrogen) atoms. The van der Waals surface area contributed by atoms with Crippen molar-refractivity contribution in [2.45, 2.75) is 105 Å². The van der Waals surface area contributed by atoms with Gasteiger partial charge >= 0.3 is 0 Å². The van der Waals surface area contributed by atoms with Crippen molar-refractivity contribution in [2.24, 2.45) is 0 Å². The molecule has 1 aromatic heterocycles. The van der Waals surface area contributed by atoms with Gasteiger partial charge in [0.05, 0.1) is 5.30 Å². The first kappa shape index (κ1) is 27.6. The summed E-state index contributed by atoms with van der Waals surface area (Å²) in [7, 11) is -1.37. The Morgan fingerprint density at radius 1 is 0.486 bits per heavy atom. The Morgan fingerprint density at radius 2 is 0.865 bits per heavy atom. The molecule has 4 aromatic rings. The van der Waals surface area contributed by atoms with Crippen molar-refractivity contribution in [1.82, 2.24) is 0 Å². The van der Waals surface area contributed by atoms with Crippen molar-refractivity contribution in [3.05, 3.63) is 76.9 Å². The molecule has 0 spiro atoms. The minimum Gasteiger partial charge on any atom is -0.415 e. The molecule has 0 fully saturated rings. The van der Waals surface area contributed by atoms with Gasteiger partial charge in [0, 0.05) is 21.9 Å². The highest BCUT2D eigenvalue weighted by Gasteiger charge is 2.28. The van der Waals surface area contributed by atoms with Gasteiger partial charge in [-0.25, -0.2) is 0 Å². The predicted molar refractivity (Wildman–Crippen MR) is 162 cm³/mol. The molecule has 0 aliphatic carbocycles. The van der Waals surface area contributed by atoms with Crippen molar-refractivity contribution in [1.29, 1.82) is 0 Å². The Kier molecular flexibility index (Phi) is 6.78. The maximum Gasteiger partial charge on any atom is 0.252 e. The van der Waals surface area contributed by atoms with Gasteiger partial charge in [-0.15, -0.1) is 0 Å². The average Bonchev–Trinajstić information content (AvgIpc) is 2.92. The van der Waals surface area contributed by atoms with E-state index in [9.17, 15) is 0 Å². The van der Waals surface area contributed by atoms with Crippen LogP contribution in [0.5, 0.6) is 0 Å². The highest BCUT2D eigenvalue weighted by atomic mass is 31.1. The van der Waals surface area contributed by atoms with Crippen LogP contribution in [0.4, 0.5) is 0 Å². The lowest BCUT2D eigenvalue weighted by Crippen LogP contribution is -2.17. The summed E-state index contributed by atoms with van der Waals surface area (Å²) in [5.74, 6) is 0. The Labute approximate surface area is 225 Å². The van der Waals surface area contributed by atoms with Crippen LogP contribution in [0.15, 0.2) is 63.0 Å². The van der Waals surface area contributed by atoms with Gasteiger partial charge in [0.25, 0.3) is 8.01 Å². The van der Waals surface area contributed by atoms with Crippen molar-refractivity contribution in [3.63, 3.8) is 0 Å². The number of hydrogen-bond donors (Lipinski definition) is 0. The number of benzene rings is 3. The average molecular weight is 517 g/mol. The molecule has 0 amide bonds. The first-order valence-electron chi connectivity index (χ1n) is 13.5. The number of fused-ring (bicyclic) bond motifs is 3. The van der Waals surface area contributed by atoms with Crippen LogP contribution in [-0.2, 0) is 21.7 Å². The van der Waals surface area contributed by atoms with Crippen molar-refractivity contribution < 1.29 is 8.39 Å². The molecule has 0 atom stereocenters. The zero-order valence-electron chi connectivity index (χ0n) is 25.0. The summed E-state index contributed by atoms with van der Waals surface area (Å²) in [6, 6.07) is 19.9. The van der Waals surface area contributed by atoms with E-state index in [2.05, 4.69) is 132 Å². The van der Waals surface area contributed by atoms with E-state index in [1.807, 2.05) is 6.07 Å². The second-order valence-corrected chi connectivity index (χ2v) is 16.0. The third kappa shape index (κ3) is 5.56. The van der Waals surface area contributed by atoms with Crippen LogP contribution in [-0.4, -0.2) is 0 Å². The van der Waals surface area contributed by atoms with E-state index < -0.39 is 8.01 Å². The summed E-state index contributed by atoms with van der Waals surface area (Å²) in [6.07, 6.45) is 0. The SMILES string of the molecule is CC(C)(C)c1cc(C(C)(C)C)c2op(-c3ccccc3)oc3c(C(C)(C)C)cc(C(C)(C)C)cc3c2c1. The Morgan fingerprint density at radius 3 is 1.19 bits per heavy atom. The number of hydrogen-bond acceptors (Lipinski definition) is 2. The van der Waals surface area contributed by atoms with Crippen LogP contribution in [0.2, 0.25) is 0 Å². The normalized spacial score (nSPS) is 13.4. The fraction of sp³-hybridized carbons (Fsp3) is 0.471. The summed E-state index contributed by atoms with van der Waals surface area (Å²) >= 11 is 0. The van der Waals surface area contributed by atoms with Gasteiger partial charge in [-0.3, -0.25) is 0 Å². The minimum atomic E-state index is -1.37. The number of rotatable bonds is 1. The summed E-state index contributed by atoms with van der Waals surface area (Å²) in [4.78, 5) is 0. The lowest BCUT2D eigenvalue weighted by molar-refractivity contribution is 0.557. The van der Waals surface area contributed by atoms with Crippen LogP contribution in [0, 0.1) is 0 Å². The van der Waals surface area contributed by atoms with Crippen LogP contribution in [0.1, 0.15) is 105 Å². The maximum atomic E-state index is 6.99. The fourth-order valence-electron chi connectivity index (χ4n) is 4.67. The van der Waals surface area contributed by atoms with Gasteiger partial charge in [-0.2, -0.15) is 0 Å². The molecule has 3 heteroatoms. The maximum absolute atomic E-state index is 6.99. The van der Waals surface area contributed by atoms with E-state index in [-0.39, 0.29) is 21.7 Å². The molecular weight excluding hydrogens is 471 g/mol. The lowest BCUT2D eigenvalue weighted by atomic mass is 9.77. The summed E-state index contributed by atoms with van der Waals surface area (Å²) in [6.45, 7) is 27.4. The zero-order chi connectivity index (χ0) is 27.6. The molecule has 0 saturated heterocycles. The fourth-order valence-corrected chi connectivity index (χ4v) is 6.06. The molecule has 0 aliphatic heterocycles. The first-order chi connectivity index (χ1) is 16.9. The van der Waals surface area contributed by atoms with E-state index in [4.69, 9.17) is 8.39 Å². The van der Waals surface area contributed by atoms with E-state index in [0.29, 0.717) is 0 Å². The first-order valence-corrected chi connectivity index (χ1v) is 14.6. The topological polar surface area (TPSA) is 26.3 Å². The van der Waals surface area contributed by atoms with Gasteiger partial charge in [0.2, 0.25) is 0 Å². The van der Waals surface area contributed by atoms with E-state index >= 15 is 0 Å². The van der Waals surface area contributed by atoms with Gasteiger partial charge in [0.1, 0.15) is 11.2 Å². The highest BCUT2D eigenvalue weighted by molar-refractivity contribution is 7.45. The monoisotopic (exact) mass is 516 g/mol. The molecule has 198 valence electrons. The third-order valence-electron chi connectivity index (χ3n) is 7.13. The summed E-state index contributed by atoms with van der Waals surface area (Å²) < 4.78 is 14.0. The molecule has 0 aliphatic rings. The van der Waals surface area contributed by atoms with E-state index in [1.54, 1.807) is 0 Å². The zero-order valence-corrected chi connectivity index (χ0v) is 25.9. The van der Waals surface area contributed by atoms with Crippen LogP contribution >= 0.6 is 8.01 Å². The molecule has 2 nitrogen and oxygen atoms in total. The van der Waals surface area contributed by atoms with E-state index in [0.717, 1.165) is 27.2 Å². The standard InChI is InChI=1S/C34H45O2P/c1-31(2,3)22-18-25-26-19-23(32(4,5)6)21-28(34(10,11)12)30(26)36-37(24-16-14-13-15-17-24)35-29(25)27(20-22)33(7,8)9/h13-21H,1-12H3. The molecule has 0 radical (unpaired) electrons. The molecular formula is C34H45O2P. The predicted octanol–water partition coefficient (Wildman–Crippen LogP) is 11.5. The van der Waals surface area contributed by atoms with Crippen LogP contribution in [0.25, 0.3) is 27.2 Å². The van der Waals surface area contributed by atoms with Gasteiger partial charge in [-0.1, -0.05) is 113 Å². The van der Waals surface area contributed by atoms with Crippen LogP contribution in [0.3, 0.4) is 0 Å². The van der Waals surface area contributed by atoms with Crippen LogP contribution < -0.4 is 0 Å². The second-order valence-electron chi connectivity index (χ2n) is 14.6. The molecule has 0 unspecified atom stereocenters. The molecule has 0 saturated carbocycles. The van der Waals surface area contributed by atoms with Crippen molar-refractivity contribution in [2.75, 3.05) is 0 Å². The summed E-state index contributed by atoms with van der Waals surface area (Å²) in [5, 5.41) is 3.37.